The van der Waals surface area contributed by atoms with Crippen molar-refractivity contribution in [2.75, 3.05) is 29.4 Å². The van der Waals surface area contributed by atoms with E-state index in [2.05, 4.69) is 63.2 Å². The minimum absolute atomic E-state index is 0.0617. The summed E-state index contributed by atoms with van der Waals surface area (Å²) in [6.45, 7) is 6.71. The Bertz CT molecular complexity index is 796. The van der Waals surface area contributed by atoms with Gasteiger partial charge < -0.3 is 15.1 Å². The van der Waals surface area contributed by atoms with Crippen LogP contribution in [0.4, 0.5) is 11.5 Å². The summed E-state index contributed by atoms with van der Waals surface area (Å²) >= 11 is 0. The molecule has 2 aliphatic heterocycles. The van der Waals surface area contributed by atoms with E-state index in [4.69, 9.17) is 0 Å². The average Bonchev–Trinajstić information content (AvgIpc) is 2.73. The molecule has 2 aromatic rings. The molecule has 1 amide bonds. The van der Waals surface area contributed by atoms with Crippen LogP contribution in [0.1, 0.15) is 25.8 Å². The summed E-state index contributed by atoms with van der Waals surface area (Å²) in [6, 6.07) is 8.83. The normalized spacial score (nSPS) is 22.6. The molecule has 1 aromatic carbocycles. The Morgan fingerprint density at radius 3 is 2.93 bits per heavy atom. The van der Waals surface area contributed by atoms with Gasteiger partial charge in [-0.15, -0.1) is 0 Å². The predicted molar refractivity (Wildman–Crippen MR) is 107 cm³/mol. The highest BCUT2D eigenvalue weighted by Crippen LogP contribution is 2.36. The van der Waals surface area contributed by atoms with Gasteiger partial charge in [0.05, 0.1) is 18.2 Å². The number of nitrogens with one attached hydrogen (secondary N) is 1. The minimum Gasteiger partial charge on any atom is -0.364 e. The largest absolute Gasteiger partial charge is 0.364 e. The van der Waals surface area contributed by atoms with E-state index in [1.807, 2.05) is 0 Å². The number of hydrogen-bond donors (Lipinski definition) is 1. The third-order valence-corrected chi connectivity index (χ3v) is 5.84. The minimum atomic E-state index is -0.0617. The van der Waals surface area contributed by atoms with Crippen LogP contribution in [0.3, 0.4) is 0 Å². The number of rotatable bonds is 4. The lowest BCUT2D eigenvalue weighted by atomic mass is 9.83. The molecule has 1 aromatic heterocycles. The SMILES string of the molecule is CCC(C)NC(=O)C1Cc2ccccc2N2CCN(c3cnccn3)CC12. The Kier molecular flexibility index (Phi) is 4.97. The van der Waals surface area contributed by atoms with Crippen LogP contribution in [0, 0.1) is 5.92 Å². The lowest BCUT2D eigenvalue weighted by molar-refractivity contribution is -0.126. The molecule has 142 valence electrons. The van der Waals surface area contributed by atoms with Crippen molar-refractivity contribution in [2.45, 2.75) is 38.8 Å². The zero-order valence-corrected chi connectivity index (χ0v) is 16.0. The molecule has 3 unspecified atom stereocenters. The van der Waals surface area contributed by atoms with Crippen molar-refractivity contribution >= 4 is 17.4 Å². The van der Waals surface area contributed by atoms with Crippen LogP contribution in [0.2, 0.25) is 0 Å². The Hall–Kier alpha value is -2.63. The highest BCUT2D eigenvalue weighted by molar-refractivity contribution is 5.82. The molecule has 27 heavy (non-hydrogen) atoms. The quantitative estimate of drug-likeness (QED) is 0.901. The van der Waals surface area contributed by atoms with Crippen LogP contribution >= 0.6 is 0 Å². The fourth-order valence-corrected chi connectivity index (χ4v) is 4.17. The van der Waals surface area contributed by atoms with Gasteiger partial charge in [-0.1, -0.05) is 25.1 Å². The van der Waals surface area contributed by atoms with Gasteiger partial charge >= 0.3 is 0 Å². The van der Waals surface area contributed by atoms with E-state index in [1.165, 1.54) is 11.3 Å². The number of nitrogens with zero attached hydrogens (tertiary/aromatic N) is 4. The molecule has 1 N–H and O–H groups in total. The van der Waals surface area contributed by atoms with Crippen molar-refractivity contribution in [3.8, 4) is 0 Å². The lowest BCUT2D eigenvalue weighted by Gasteiger charge is -2.49. The van der Waals surface area contributed by atoms with Gasteiger partial charge in [-0.3, -0.25) is 9.78 Å². The molecule has 6 nitrogen and oxygen atoms in total. The maximum Gasteiger partial charge on any atom is 0.225 e. The van der Waals surface area contributed by atoms with Gasteiger partial charge in [0, 0.05) is 43.8 Å². The van der Waals surface area contributed by atoms with E-state index in [1.54, 1.807) is 18.6 Å². The molecular weight excluding hydrogens is 338 g/mol. The maximum absolute atomic E-state index is 13.1. The first-order valence-electron chi connectivity index (χ1n) is 9.83. The second-order valence-corrected chi connectivity index (χ2v) is 7.53. The van der Waals surface area contributed by atoms with Gasteiger partial charge in [-0.2, -0.15) is 0 Å². The summed E-state index contributed by atoms with van der Waals surface area (Å²) in [5, 5.41) is 3.21. The summed E-state index contributed by atoms with van der Waals surface area (Å²) in [7, 11) is 0. The summed E-state index contributed by atoms with van der Waals surface area (Å²) in [6.07, 6.45) is 6.95. The molecular formula is C21H27N5O. The number of amides is 1. The molecule has 6 heteroatoms. The molecule has 2 aliphatic rings. The van der Waals surface area contributed by atoms with Crippen molar-refractivity contribution < 1.29 is 4.79 Å². The number of anilines is 2. The second-order valence-electron chi connectivity index (χ2n) is 7.53. The van der Waals surface area contributed by atoms with E-state index >= 15 is 0 Å². The highest BCUT2D eigenvalue weighted by Gasteiger charge is 2.41. The molecule has 3 atom stereocenters. The van der Waals surface area contributed by atoms with Crippen LogP contribution in [0.15, 0.2) is 42.9 Å². The van der Waals surface area contributed by atoms with Crippen LogP contribution in [-0.2, 0) is 11.2 Å². The standard InChI is InChI=1S/C21H27N5O/c1-3-15(2)24-21(27)17-12-16-6-4-5-7-18(16)26-11-10-25(14-19(17)26)20-13-22-8-9-23-20/h4-9,13,15,17,19H,3,10-12,14H2,1-2H3,(H,24,27). The number of fused-ring (bicyclic) bond motifs is 3. The summed E-state index contributed by atoms with van der Waals surface area (Å²) in [4.78, 5) is 26.4. The number of para-hydroxylation sites is 1. The van der Waals surface area contributed by atoms with Crippen molar-refractivity contribution in [1.82, 2.24) is 15.3 Å². The monoisotopic (exact) mass is 365 g/mol. The van der Waals surface area contributed by atoms with E-state index in [9.17, 15) is 4.79 Å². The van der Waals surface area contributed by atoms with E-state index in [0.717, 1.165) is 38.3 Å². The average molecular weight is 365 g/mol. The zero-order valence-electron chi connectivity index (χ0n) is 16.0. The molecule has 0 bridgehead atoms. The first kappa shape index (κ1) is 17.8. The smallest absolute Gasteiger partial charge is 0.225 e. The van der Waals surface area contributed by atoms with Crippen LogP contribution < -0.4 is 15.1 Å². The molecule has 0 aliphatic carbocycles. The third-order valence-electron chi connectivity index (χ3n) is 5.84. The molecule has 1 fully saturated rings. The molecule has 0 radical (unpaired) electrons. The van der Waals surface area contributed by atoms with E-state index < -0.39 is 0 Å². The van der Waals surface area contributed by atoms with Crippen LogP contribution in [0.25, 0.3) is 0 Å². The van der Waals surface area contributed by atoms with Crippen LogP contribution in [0.5, 0.6) is 0 Å². The van der Waals surface area contributed by atoms with Crippen molar-refractivity contribution in [1.29, 1.82) is 0 Å². The fraction of sp³-hybridized carbons (Fsp3) is 0.476. The molecule has 0 saturated carbocycles. The Balaban J connectivity index is 1.63. The van der Waals surface area contributed by atoms with Gasteiger partial charge in [0.1, 0.15) is 5.82 Å². The Morgan fingerprint density at radius 2 is 2.15 bits per heavy atom. The Morgan fingerprint density at radius 1 is 1.30 bits per heavy atom. The molecule has 1 saturated heterocycles. The van der Waals surface area contributed by atoms with Crippen molar-refractivity contribution in [3.05, 3.63) is 48.4 Å². The molecule has 4 rings (SSSR count). The summed E-state index contributed by atoms with van der Waals surface area (Å²) in [5.41, 5.74) is 2.54. The lowest BCUT2D eigenvalue weighted by Crippen LogP contribution is -2.61. The van der Waals surface area contributed by atoms with Crippen LogP contribution in [-0.4, -0.2) is 47.6 Å². The number of aromatic nitrogens is 2. The van der Waals surface area contributed by atoms with E-state index in [0.29, 0.717) is 0 Å². The summed E-state index contributed by atoms with van der Waals surface area (Å²) < 4.78 is 0. The molecule has 3 heterocycles. The van der Waals surface area contributed by atoms with Gasteiger partial charge in [0.25, 0.3) is 0 Å². The van der Waals surface area contributed by atoms with Crippen molar-refractivity contribution in [2.24, 2.45) is 5.92 Å². The van der Waals surface area contributed by atoms with Gasteiger partial charge in [0.15, 0.2) is 0 Å². The highest BCUT2D eigenvalue weighted by atomic mass is 16.2. The number of carbonyl (C=O) groups is 1. The number of hydrogen-bond acceptors (Lipinski definition) is 5. The fourth-order valence-electron chi connectivity index (χ4n) is 4.17. The molecule has 0 spiro atoms. The zero-order chi connectivity index (χ0) is 18.8. The number of benzene rings is 1. The first-order valence-corrected chi connectivity index (χ1v) is 9.83. The number of piperazine rings is 1. The van der Waals surface area contributed by atoms with Gasteiger partial charge in [0.2, 0.25) is 5.91 Å². The Labute approximate surface area is 160 Å². The van der Waals surface area contributed by atoms with E-state index in [-0.39, 0.29) is 23.9 Å². The third kappa shape index (κ3) is 3.48. The van der Waals surface area contributed by atoms with Gasteiger partial charge in [-0.25, -0.2) is 4.98 Å². The van der Waals surface area contributed by atoms with Gasteiger partial charge in [-0.05, 0) is 31.4 Å². The van der Waals surface area contributed by atoms with Crippen molar-refractivity contribution in [3.63, 3.8) is 0 Å². The predicted octanol–water partition coefficient (Wildman–Crippen LogP) is 2.26. The topological polar surface area (TPSA) is 61.4 Å². The maximum atomic E-state index is 13.1. The number of carbonyl (C=O) groups excluding carboxylic acids is 1. The second kappa shape index (κ2) is 7.55. The first-order chi connectivity index (χ1) is 13.2. The summed E-state index contributed by atoms with van der Waals surface area (Å²) in [5.74, 6) is 0.986.